The molecule has 0 saturated carbocycles. The van der Waals surface area contributed by atoms with Crippen LogP contribution in [0.3, 0.4) is 0 Å². The van der Waals surface area contributed by atoms with E-state index in [-0.39, 0.29) is 5.57 Å². The molecule has 1 aromatic heterocycles. The third kappa shape index (κ3) is 2.27. The molecule has 1 heterocycles. The summed E-state index contributed by atoms with van der Waals surface area (Å²) < 4.78 is 23.5. The lowest BCUT2D eigenvalue weighted by Gasteiger charge is -1.96. The van der Waals surface area contributed by atoms with E-state index in [0.29, 0.717) is 11.8 Å². The predicted octanol–water partition coefficient (Wildman–Crippen LogP) is 2.88. The van der Waals surface area contributed by atoms with Gasteiger partial charge in [-0.15, -0.1) is 0 Å². The Morgan fingerprint density at radius 1 is 1.42 bits per heavy atom. The van der Waals surface area contributed by atoms with E-state index in [1.165, 1.54) is 6.20 Å². The van der Waals surface area contributed by atoms with Crippen molar-refractivity contribution in [2.45, 2.75) is 0 Å². The Labute approximate surface area is 69.1 Å². The summed E-state index contributed by atoms with van der Waals surface area (Å²) in [4.78, 5) is 3.85. The Balaban J connectivity index is 2.87. The summed E-state index contributed by atoms with van der Waals surface area (Å²) in [5.74, 6) is 0. The first-order valence-corrected chi connectivity index (χ1v) is 3.33. The van der Waals surface area contributed by atoms with Gasteiger partial charge in [0.2, 0.25) is 0 Å². The minimum Gasteiger partial charge on any atom is -0.256 e. The van der Waals surface area contributed by atoms with E-state index >= 15 is 0 Å². The molecule has 3 heteroatoms. The average Bonchev–Trinajstić information content (AvgIpc) is 2.05. The second kappa shape index (κ2) is 3.76. The first-order valence-electron chi connectivity index (χ1n) is 3.33. The van der Waals surface area contributed by atoms with E-state index in [0.717, 1.165) is 0 Å². The van der Waals surface area contributed by atoms with Crippen LogP contribution in [0.15, 0.2) is 43.1 Å². The summed E-state index contributed by atoms with van der Waals surface area (Å²) in [7, 11) is 0. The van der Waals surface area contributed by atoms with Crippen LogP contribution in [0.5, 0.6) is 0 Å². The highest BCUT2D eigenvalue weighted by Gasteiger charge is 1.97. The third-order valence-corrected chi connectivity index (χ3v) is 1.28. The van der Waals surface area contributed by atoms with Gasteiger partial charge < -0.3 is 0 Å². The molecule has 12 heavy (non-hydrogen) atoms. The number of allylic oxidation sites excluding steroid dienone is 2. The monoisotopic (exact) mass is 167 g/mol. The molecule has 0 unspecified atom stereocenters. The van der Waals surface area contributed by atoms with Gasteiger partial charge in [0.1, 0.15) is 0 Å². The zero-order valence-electron chi connectivity index (χ0n) is 6.30. The Morgan fingerprint density at radius 3 is 2.67 bits per heavy atom. The van der Waals surface area contributed by atoms with E-state index in [1.54, 1.807) is 18.2 Å². The van der Waals surface area contributed by atoms with Crippen molar-refractivity contribution in [3.05, 3.63) is 48.8 Å². The topological polar surface area (TPSA) is 12.9 Å². The van der Waals surface area contributed by atoms with E-state index < -0.39 is 6.08 Å². The summed E-state index contributed by atoms with van der Waals surface area (Å²) in [6.07, 6.45) is 0.470. The van der Waals surface area contributed by atoms with Crippen LogP contribution in [0.4, 0.5) is 8.78 Å². The molecule has 0 atom stereocenters. The van der Waals surface area contributed by atoms with Gasteiger partial charge in [0.15, 0.2) is 0 Å². The Hall–Kier alpha value is -1.51. The van der Waals surface area contributed by atoms with Gasteiger partial charge in [-0.3, -0.25) is 4.98 Å². The third-order valence-electron chi connectivity index (χ3n) is 1.28. The molecule has 0 aliphatic carbocycles. The fourth-order valence-electron chi connectivity index (χ4n) is 0.758. The van der Waals surface area contributed by atoms with Gasteiger partial charge in [-0.1, -0.05) is 12.6 Å². The summed E-state index contributed by atoms with van der Waals surface area (Å²) in [6.45, 7) is 3.45. The van der Waals surface area contributed by atoms with Crippen LogP contribution < -0.4 is 0 Å². The number of nitrogens with zero attached hydrogens (tertiary/aromatic N) is 1. The lowest BCUT2D eigenvalue weighted by molar-refractivity contribution is 0.422. The molecule has 0 aliphatic rings. The summed E-state index contributed by atoms with van der Waals surface area (Å²) in [5, 5.41) is 0. The van der Waals surface area contributed by atoms with Crippen molar-refractivity contribution in [1.82, 2.24) is 4.98 Å². The smallest absolute Gasteiger partial charge is 0.256 e. The zero-order chi connectivity index (χ0) is 8.97. The van der Waals surface area contributed by atoms with Crippen molar-refractivity contribution >= 4 is 5.57 Å². The molecule has 1 rings (SSSR count). The van der Waals surface area contributed by atoms with E-state index in [2.05, 4.69) is 11.6 Å². The molecular weight excluding hydrogens is 160 g/mol. The molecule has 0 fully saturated rings. The second-order valence-corrected chi connectivity index (χ2v) is 2.17. The highest BCUT2D eigenvalue weighted by Crippen LogP contribution is 2.13. The highest BCUT2D eigenvalue weighted by molar-refractivity contribution is 5.69. The van der Waals surface area contributed by atoms with Crippen molar-refractivity contribution in [2.24, 2.45) is 0 Å². The van der Waals surface area contributed by atoms with Crippen molar-refractivity contribution in [2.75, 3.05) is 0 Å². The van der Waals surface area contributed by atoms with Gasteiger partial charge in [-0.2, -0.15) is 8.78 Å². The number of aromatic nitrogens is 1. The van der Waals surface area contributed by atoms with E-state index in [9.17, 15) is 8.78 Å². The lowest BCUT2D eigenvalue weighted by Crippen LogP contribution is -1.83. The molecule has 0 aromatic carbocycles. The van der Waals surface area contributed by atoms with E-state index in [4.69, 9.17) is 0 Å². The van der Waals surface area contributed by atoms with Crippen LogP contribution >= 0.6 is 0 Å². The molecule has 0 saturated heterocycles. The van der Waals surface area contributed by atoms with Crippen LogP contribution in [0, 0.1) is 0 Å². The van der Waals surface area contributed by atoms with Crippen molar-refractivity contribution in [1.29, 1.82) is 0 Å². The van der Waals surface area contributed by atoms with Crippen LogP contribution in [0.2, 0.25) is 0 Å². The molecule has 0 N–H and O–H groups in total. The summed E-state index contributed by atoms with van der Waals surface area (Å²) >= 11 is 0. The maximum absolute atomic E-state index is 11.7. The first kappa shape index (κ1) is 8.59. The quantitative estimate of drug-likeness (QED) is 0.617. The minimum atomic E-state index is -1.76. The number of rotatable bonds is 2. The van der Waals surface area contributed by atoms with Crippen molar-refractivity contribution in [3.8, 4) is 0 Å². The maximum Gasteiger partial charge on any atom is 0.270 e. The number of hydrogen-bond acceptors (Lipinski definition) is 1. The van der Waals surface area contributed by atoms with Crippen molar-refractivity contribution in [3.63, 3.8) is 0 Å². The molecule has 0 spiro atoms. The Kier molecular flexibility index (Phi) is 2.69. The van der Waals surface area contributed by atoms with Gasteiger partial charge in [0, 0.05) is 12.3 Å². The van der Waals surface area contributed by atoms with Crippen LogP contribution in [-0.2, 0) is 0 Å². The second-order valence-electron chi connectivity index (χ2n) is 2.17. The molecule has 62 valence electrons. The zero-order valence-corrected chi connectivity index (χ0v) is 6.30. The van der Waals surface area contributed by atoms with Gasteiger partial charge in [-0.05, 0) is 17.7 Å². The molecule has 0 radical (unpaired) electrons. The molecule has 1 nitrogen and oxygen atoms in total. The number of pyridine rings is 1. The van der Waals surface area contributed by atoms with E-state index in [1.807, 2.05) is 0 Å². The molecule has 0 bridgehead atoms. The predicted molar refractivity (Wildman–Crippen MR) is 43.6 cm³/mol. The summed E-state index contributed by atoms with van der Waals surface area (Å²) in [5.41, 5.74) is 0.681. The van der Waals surface area contributed by atoms with Crippen molar-refractivity contribution < 1.29 is 8.78 Å². The van der Waals surface area contributed by atoms with Gasteiger partial charge in [0.25, 0.3) is 6.08 Å². The van der Waals surface area contributed by atoms with Gasteiger partial charge >= 0.3 is 0 Å². The normalized spacial score (nSPS) is 9.17. The highest BCUT2D eigenvalue weighted by atomic mass is 19.3. The lowest BCUT2D eigenvalue weighted by atomic mass is 10.2. The standard InChI is InChI=1S/C9H7F2N/c1-7(6-9(10)11)8-4-2-3-5-12-8/h2-6H,1H2. The Bertz CT molecular complexity index is 300. The fraction of sp³-hybridized carbons (Fsp3) is 0. The first-order chi connectivity index (χ1) is 5.70. The number of hydrogen-bond donors (Lipinski definition) is 0. The summed E-state index contributed by atoms with van der Waals surface area (Å²) in [6, 6.07) is 5.06. The molecule has 1 aromatic rings. The average molecular weight is 167 g/mol. The van der Waals surface area contributed by atoms with Crippen LogP contribution in [-0.4, -0.2) is 4.98 Å². The van der Waals surface area contributed by atoms with Crippen LogP contribution in [0.25, 0.3) is 5.57 Å². The molecule has 0 aliphatic heterocycles. The molecular formula is C9H7F2N. The van der Waals surface area contributed by atoms with Gasteiger partial charge in [-0.25, -0.2) is 0 Å². The minimum absolute atomic E-state index is 0.218. The fourth-order valence-corrected chi connectivity index (χ4v) is 0.758. The number of halogens is 2. The molecule has 0 amide bonds. The maximum atomic E-state index is 11.7. The van der Waals surface area contributed by atoms with Gasteiger partial charge in [0.05, 0.1) is 5.69 Å². The Morgan fingerprint density at radius 2 is 2.17 bits per heavy atom. The largest absolute Gasteiger partial charge is 0.270 e. The SMILES string of the molecule is C=C(C=C(F)F)c1ccccn1. The van der Waals surface area contributed by atoms with Crippen LogP contribution in [0.1, 0.15) is 5.69 Å².